The number of benzene rings is 1. The van der Waals surface area contributed by atoms with Crippen LogP contribution in [0.2, 0.25) is 5.28 Å². The van der Waals surface area contributed by atoms with Gasteiger partial charge in [-0.05, 0) is 17.7 Å². The van der Waals surface area contributed by atoms with Crippen molar-refractivity contribution < 1.29 is 23.9 Å². The molecule has 1 aliphatic rings. The summed E-state index contributed by atoms with van der Waals surface area (Å²) < 4.78 is 27.1. The van der Waals surface area contributed by atoms with Gasteiger partial charge in [0.25, 0.3) is 5.69 Å². The van der Waals surface area contributed by atoms with Gasteiger partial charge in [-0.3, -0.25) is 14.7 Å². The van der Waals surface area contributed by atoms with Crippen molar-refractivity contribution in [2.75, 3.05) is 12.3 Å². The summed E-state index contributed by atoms with van der Waals surface area (Å²) in [6.45, 7) is -0.284. The highest BCUT2D eigenvalue weighted by Crippen LogP contribution is 2.34. The highest BCUT2D eigenvalue weighted by atomic mass is 35.5. The summed E-state index contributed by atoms with van der Waals surface area (Å²) in [6.07, 6.45) is -4.29. The van der Waals surface area contributed by atoms with Crippen molar-refractivity contribution in [1.29, 1.82) is 0 Å². The smallest absolute Gasteiger partial charge is 0.274 e. The van der Waals surface area contributed by atoms with Crippen LogP contribution >= 0.6 is 11.6 Å². The first kappa shape index (κ1) is 20.3. The van der Waals surface area contributed by atoms with Crippen LogP contribution in [0.15, 0.2) is 30.6 Å². The minimum Gasteiger partial charge on any atom is -0.387 e. The maximum Gasteiger partial charge on any atom is 0.274 e. The van der Waals surface area contributed by atoms with Gasteiger partial charge >= 0.3 is 0 Å². The molecule has 3 N–H and O–H groups in total. The van der Waals surface area contributed by atoms with E-state index in [1.54, 1.807) is 18.2 Å². The highest BCUT2D eigenvalue weighted by molar-refractivity contribution is 6.28. The molecule has 13 heteroatoms. The van der Waals surface area contributed by atoms with Crippen LogP contribution in [-0.4, -0.2) is 54.5 Å². The summed E-state index contributed by atoms with van der Waals surface area (Å²) >= 11 is 5.82. The fraction of sp³-hybridized carbons (Fsp3) is 0.353. The number of nitrogen functional groups attached to an aromatic ring is 1. The summed E-state index contributed by atoms with van der Waals surface area (Å²) in [6, 6.07) is 6.09. The van der Waals surface area contributed by atoms with Gasteiger partial charge < -0.3 is 20.3 Å². The molecule has 1 aliphatic heterocycles. The second-order valence-corrected chi connectivity index (χ2v) is 6.94. The predicted molar refractivity (Wildman–Crippen MR) is 102 cm³/mol. The number of rotatable bonds is 6. The fourth-order valence-corrected chi connectivity index (χ4v) is 3.43. The summed E-state index contributed by atoms with van der Waals surface area (Å²) in [7, 11) is 0. The van der Waals surface area contributed by atoms with Crippen LogP contribution in [0.5, 0.6) is 0 Å². The van der Waals surface area contributed by atoms with Gasteiger partial charge in [-0.25, -0.2) is 9.37 Å². The van der Waals surface area contributed by atoms with Gasteiger partial charge in [0.1, 0.15) is 17.7 Å². The van der Waals surface area contributed by atoms with Crippen molar-refractivity contribution >= 4 is 34.3 Å². The molecule has 1 saturated heterocycles. The lowest BCUT2D eigenvalue weighted by atomic mass is 10.1. The van der Waals surface area contributed by atoms with Crippen molar-refractivity contribution in [2.45, 2.75) is 31.2 Å². The molecule has 3 aromatic rings. The first-order chi connectivity index (χ1) is 14.4. The number of imidazole rings is 1. The summed E-state index contributed by atoms with van der Waals surface area (Å²) in [5.41, 5.74) is 6.39. The number of anilines is 1. The number of nitrogens with zero attached hydrogens (tertiary/aromatic N) is 5. The number of nitro benzene ring substituents is 1. The van der Waals surface area contributed by atoms with E-state index < -0.39 is 29.5 Å². The zero-order chi connectivity index (χ0) is 21.4. The second kappa shape index (κ2) is 8.07. The van der Waals surface area contributed by atoms with Crippen LogP contribution in [0, 0.1) is 10.1 Å². The van der Waals surface area contributed by atoms with E-state index in [9.17, 15) is 19.6 Å². The first-order valence-corrected chi connectivity index (χ1v) is 9.17. The number of ether oxygens (including phenoxy) is 2. The number of aromatic nitrogens is 4. The van der Waals surface area contributed by atoms with Crippen molar-refractivity contribution in [3.8, 4) is 0 Å². The van der Waals surface area contributed by atoms with Gasteiger partial charge in [0, 0.05) is 6.07 Å². The number of hydrogen-bond acceptors (Lipinski definition) is 9. The number of alkyl halides is 1. The van der Waals surface area contributed by atoms with E-state index in [0.29, 0.717) is 5.56 Å². The standard InChI is InChI=1S/C17H16ClFN6O5/c18-17-22-14(20)12-15(23-17)24(7-21-12)16-11(19)13(26)10(30-16)6-29-5-8-3-1-2-4-9(8)25(27)28/h1-4,7,10-11,13,16,26H,5-6H2,(H2,20,22,23)/t10-,11+,13-,16-/m1/s1. The average molecular weight is 439 g/mol. The van der Waals surface area contributed by atoms with Crippen LogP contribution in [0.3, 0.4) is 0 Å². The molecule has 0 radical (unpaired) electrons. The zero-order valence-corrected chi connectivity index (χ0v) is 16.0. The molecule has 30 heavy (non-hydrogen) atoms. The number of nitrogens with two attached hydrogens (primary N) is 1. The van der Waals surface area contributed by atoms with Crippen LogP contribution < -0.4 is 5.73 Å². The lowest BCUT2D eigenvalue weighted by molar-refractivity contribution is -0.386. The summed E-state index contributed by atoms with van der Waals surface area (Å²) in [5.74, 6) is 0.0297. The van der Waals surface area contributed by atoms with E-state index in [0.717, 1.165) is 0 Å². The Balaban J connectivity index is 1.47. The summed E-state index contributed by atoms with van der Waals surface area (Å²) in [5, 5.41) is 21.2. The van der Waals surface area contributed by atoms with Gasteiger partial charge in [0.05, 0.1) is 30.0 Å². The van der Waals surface area contributed by atoms with Gasteiger partial charge in [0.2, 0.25) is 5.28 Å². The molecule has 4 rings (SSSR count). The Labute approximate surface area is 173 Å². The Morgan fingerprint density at radius 3 is 2.93 bits per heavy atom. The first-order valence-electron chi connectivity index (χ1n) is 8.80. The van der Waals surface area contributed by atoms with Crippen molar-refractivity contribution in [1.82, 2.24) is 19.5 Å². The molecule has 0 saturated carbocycles. The number of fused-ring (bicyclic) bond motifs is 1. The third kappa shape index (κ3) is 3.65. The number of para-hydroxylation sites is 1. The SMILES string of the molecule is Nc1nc(Cl)nc2c1ncn2[C@@H]1O[C@H](COCc2ccccc2[N+](=O)[O-])[C@@H](O)[C@@H]1F. The largest absolute Gasteiger partial charge is 0.387 e. The Bertz CT molecular complexity index is 1100. The van der Waals surface area contributed by atoms with Crippen molar-refractivity contribution in [3.05, 3.63) is 51.6 Å². The lowest BCUT2D eigenvalue weighted by Crippen LogP contribution is -2.31. The molecule has 11 nitrogen and oxygen atoms in total. The molecule has 0 spiro atoms. The molecule has 0 amide bonds. The number of aliphatic hydroxyl groups is 1. The maximum absolute atomic E-state index is 14.8. The Morgan fingerprint density at radius 2 is 2.17 bits per heavy atom. The third-order valence-corrected chi connectivity index (χ3v) is 4.89. The van der Waals surface area contributed by atoms with Crippen LogP contribution in [0.4, 0.5) is 15.9 Å². The number of nitro groups is 1. The second-order valence-electron chi connectivity index (χ2n) is 6.60. The highest BCUT2D eigenvalue weighted by Gasteiger charge is 2.46. The van der Waals surface area contributed by atoms with Gasteiger partial charge in [-0.1, -0.05) is 12.1 Å². The van der Waals surface area contributed by atoms with E-state index >= 15 is 0 Å². The van der Waals surface area contributed by atoms with Crippen LogP contribution in [-0.2, 0) is 16.1 Å². The lowest BCUT2D eigenvalue weighted by Gasteiger charge is -2.15. The molecule has 0 bridgehead atoms. The molecule has 4 atom stereocenters. The molecule has 1 aromatic carbocycles. The Kier molecular flexibility index (Phi) is 5.47. The quantitative estimate of drug-likeness (QED) is 0.333. The molecular weight excluding hydrogens is 423 g/mol. The van der Waals surface area contributed by atoms with Crippen LogP contribution in [0.1, 0.15) is 11.8 Å². The van der Waals surface area contributed by atoms with E-state index in [2.05, 4.69) is 15.0 Å². The molecule has 0 unspecified atom stereocenters. The van der Waals surface area contributed by atoms with Gasteiger partial charge in [-0.2, -0.15) is 9.97 Å². The molecule has 0 aliphatic carbocycles. The maximum atomic E-state index is 14.8. The van der Waals surface area contributed by atoms with E-state index in [-0.39, 0.29) is 41.2 Å². The van der Waals surface area contributed by atoms with E-state index in [1.165, 1.54) is 17.0 Å². The predicted octanol–water partition coefficient (Wildman–Crippen LogP) is 1.78. The monoisotopic (exact) mass is 438 g/mol. The number of hydrogen-bond donors (Lipinski definition) is 2. The normalized spacial score (nSPS) is 23.8. The minimum absolute atomic E-state index is 0.0297. The molecule has 158 valence electrons. The minimum atomic E-state index is -1.81. The molecular formula is C17H16ClFN6O5. The topological polar surface area (TPSA) is 151 Å². The Hall–Kier alpha value is -2.93. The van der Waals surface area contributed by atoms with Crippen molar-refractivity contribution in [2.24, 2.45) is 0 Å². The fourth-order valence-electron chi connectivity index (χ4n) is 3.26. The third-order valence-electron chi connectivity index (χ3n) is 4.72. The Morgan fingerprint density at radius 1 is 1.40 bits per heavy atom. The zero-order valence-electron chi connectivity index (χ0n) is 15.3. The average Bonchev–Trinajstić information content (AvgIpc) is 3.24. The number of halogens is 2. The van der Waals surface area contributed by atoms with Crippen molar-refractivity contribution in [3.63, 3.8) is 0 Å². The number of aliphatic hydroxyl groups excluding tert-OH is 1. The van der Waals surface area contributed by atoms with E-state index in [1.807, 2.05) is 0 Å². The van der Waals surface area contributed by atoms with Crippen LogP contribution in [0.25, 0.3) is 11.2 Å². The van der Waals surface area contributed by atoms with E-state index in [4.69, 9.17) is 26.8 Å². The molecule has 3 heterocycles. The summed E-state index contributed by atoms with van der Waals surface area (Å²) in [4.78, 5) is 22.4. The van der Waals surface area contributed by atoms with Gasteiger partial charge in [0.15, 0.2) is 23.9 Å². The molecule has 2 aromatic heterocycles. The molecule has 1 fully saturated rings. The van der Waals surface area contributed by atoms with Gasteiger partial charge in [-0.15, -0.1) is 0 Å².